The fourth-order valence-electron chi connectivity index (χ4n) is 4.84. The topological polar surface area (TPSA) is 21.7 Å². The first-order valence-corrected chi connectivity index (χ1v) is 10.5. The van der Waals surface area contributed by atoms with Crippen LogP contribution in [0.25, 0.3) is 0 Å². The number of hydrogen-bond donors (Lipinski definition) is 0. The zero-order valence-corrected chi connectivity index (χ0v) is 17.0. The van der Waals surface area contributed by atoms with Gasteiger partial charge < -0.3 is 9.31 Å². The Labute approximate surface area is 159 Å². The quantitative estimate of drug-likeness (QED) is 0.765. The zero-order chi connectivity index (χ0) is 18.4. The van der Waals surface area contributed by atoms with Crippen molar-refractivity contribution < 1.29 is 9.31 Å². The molecule has 0 spiro atoms. The van der Waals surface area contributed by atoms with Gasteiger partial charge in [-0.3, -0.25) is 4.90 Å². The van der Waals surface area contributed by atoms with E-state index in [1.807, 2.05) is 0 Å². The lowest BCUT2D eigenvalue weighted by atomic mass is 9.75. The van der Waals surface area contributed by atoms with Crippen LogP contribution in [0, 0.1) is 11.8 Å². The van der Waals surface area contributed by atoms with Gasteiger partial charge in [0.25, 0.3) is 0 Å². The minimum absolute atomic E-state index is 0.257. The monoisotopic (exact) mass is 355 g/mol. The predicted octanol–water partition coefficient (Wildman–Crippen LogP) is 4.00. The summed E-state index contributed by atoms with van der Waals surface area (Å²) in [5, 5.41) is 0. The average molecular weight is 355 g/mol. The molecule has 2 unspecified atom stereocenters. The molecule has 2 aliphatic heterocycles. The van der Waals surface area contributed by atoms with Gasteiger partial charge in [-0.15, -0.1) is 0 Å². The lowest BCUT2D eigenvalue weighted by molar-refractivity contribution is 0.00578. The lowest BCUT2D eigenvalue weighted by Gasteiger charge is -2.41. The van der Waals surface area contributed by atoms with Crippen molar-refractivity contribution in [3.05, 3.63) is 29.8 Å². The number of piperidine rings is 1. The van der Waals surface area contributed by atoms with Crippen molar-refractivity contribution >= 4 is 12.6 Å². The summed E-state index contributed by atoms with van der Waals surface area (Å²) in [7, 11) is -0.257. The van der Waals surface area contributed by atoms with Gasteiger partial charge in [-0.2, -0.15) is 0 Å². The standard InChI is InChI=1S/C22H34BNO2/c1-21(2)22(3,4)26-23(25-21)20-11-9-17(10-12-20)15-24-14-13-18-7-5-6-8-19(18)16-24/h9-12,18-19H,5-8,13-16H2,1-4H3. The molecule has 2 saturated heterocycles. The molecular weight excluding hydrogens is 321 g/mol. The highest BCUT2D eigenvalue weighted by Gasteiger charge is 2.51. The van der Waals surface area contributed by atoms with Crippen LogP contribution in [0.5, 0.6) is 0 Å². The summed E-state index contributed by atoms with van der Waals surface area (Å²) in [5.74, 6) is 1.95. The Bertz CT molecular complexity index is 612. The summed E-state index contributed by atoms with van der Waals surface area (Å²) >= 11 is 0. The molecule has 2 atom stereocenters. The van der Waals surface area contributed by atoms with E-state index in [2.05, 4.69) is 56.9 Å². The van der Waals surface area contributed by atoms with E-state index in [1.165, 1.54) is 50.8 Å². The second-order valence-electron chi connectivity index (χ2n) is 9.66. The van der Waals surface area contributed by atoms with Gasteiger partial charge in [0.2, 0.25) is 0 Å². The van der Waals surface area contributed by atoms with Gasteiger partial charge in [0, 0.05) is 13.1 Å². The van der Waals surface area contributed by atoms with Crippen LogP contribution in [0.3, 0.4) is 0 Å². The van der Waals surface area contributed by atoms with Crippen molar-refractivity contribution in [3.63, 3.8) is 0 Å². The minimum atomic E-state index is -0.277. The molecule has 2 heterocycles. The van der Waals surface area contributed by atoms with Crippen molar-refractivity contribution in [1.29, 1.82) is 0 Å². The van der Waals surface area contributed by atoms with Gasteiger partial charge in [0.1, 0.15) is 0 Å². The molecule has 0 aromatic heterocycles. The van der Waals surface area contributed by atoms with Gasteiger partial charge in [-0.1, -0.05) is 43.5 Å². The summed E-state index contributed by atoms with van der Waals surface area (Å²) in [5.41, 5.74) is 1.97. The van der Waals surface area contributed by atoms with Crippen LogP contribution in [0.4, 0.5) is 0 Å². The van der Waals surface area contributed by atoms with Gasteiger partial charge in [0.05, 0.1) is 11.2 Å². The number of likely N-dealkylation sites (tertiary alicyclic amines) is 1. The van der Waals surface area contributed by atoms with Gasteiger partial charge >= 0.3 is 7.12 Å². The van der Waals surface area contributed by atoms with Crippen molar-refractivity contribution in [2.45, 2.75) is 77.5 Å². The van der Waals surface area contributed by atoms with E-state index >= 15 is 0 Å². The minimum Gasteiger partial charge on any atom is -0.399 e. The molecule has 0 N–H and O–H groups in total. The molecule has 1 aromatic carbocycles. The highest BCUT2D eigenvalue weighted by atomic mass is 16.7. The molecule has 142 valence electrons. The Morgan fingerprint density at radius 2 is 1.54 bits per heavy atom. The highest BCUT2D eigenvalue weighted by molar-refractivity contribution is 6.62. The molecule has 0 amide bonds. The Hall–Kier alpha value is -0.835. The van der Waals surface area contributed by atoms with E-state index in [0.717, 1.165) is 23.8 Å². The third-order valence-corrected chi connectivity index (χ3v) is 7.29. The van der Waals surface area contributed by atoms with E-state index in [0.29, 0.717) is 0 Å². The first-order chi connectivity index (χ1) is 12.3. The van der Waals surface area contributed by atoms with E-state index in [-0.39, 0.29) is 18.3 Å². The summed E-state index contributed by atoms with van der Waals surface area (Å²) < 4.78 is 12.3. The van der Waals surface area contributed by atoms with Crippen molar-refractivity contribution in [2.75, 3.05) is 13.1 Å². The zero-order valence-electron chi connectivity index (χ0n) is 17.0. The summed E-state index contributed by atoms with van der Waals surface area (Å²) in [6.07, 6.45) is 7.22. The fraction of sp³-hybridized carbons (Fsp3) is 0.727. The fourth-order valence-corrected chi connectivity index (χ4v) is 4.84. The van der Waals surface area contributed by atoms with E-state index in [1.54, 1.807) is 0 Å². The highest BCUT2D eigenvalue weighted by Crippen LogP contribution is 2.37. The molecule has 0 bridgehead atoms. The van der Waals surface area contributed by atoms with Gasteiger partial charge in [0.15, 0.2) is 0 Å². The number of fused-ring (bicyclic) bond motifs is 1. The molecule has 4 rings (SSSR count). The van der Waals surface area contributed by atoms with Crippen molar-refractivity contribution in [2.24, 2.45) is 11.8 Å². The first kappa shape index (κ1) is 18.5. The van der Waals surface area contributed by atoms with Crippen LogP contribution in [-0.4, -0.2) is 36.3 Å². The Kier molecular flexibility index (Phi) is 4.96. The van der Waals surface area contributed by atoms with Crippen molar-refractivity contribution in [3.8, 4) is 0 Å². The largest absolute Gasteiger partial charge is 0.494 e. The van der Waals surface area contributed by atoms with E-state index in [9.17, 15) is 0 Å². The molecule has 4 heteroatoms. The van der Waals surface area contributed by atoms with E-state index in [4.69, 9.17) is 9.31 Å². The smallest absolute Gasteiger partial charge is 0.399 e. The summed E-state index contributed by atoms with van der Waals surface area (Å²) in [6, 6.07) is 8.89. The first-order valence-electron chi connectivity index (χ1n) is 10.5. The summed E-state index contributed by atoms with van der Waals surface area (Å²) in [4.78, 5) is 2.66. The van der Waals surface area contributed by atoms with Crippen LogP contribution in [0.15, 0.2) is 24.3 Å². The van der Waals surface area contributed by atoms with Gasteiger partial charge in [-0.25, -0.2) is 0 Å². The Morgan fingerprint density at radius 1 is 0.923 bits per heavy atom. The van der Waals surface area contributed by atoms with Crippen molar-refractivity contribution in [1.82, 2.24) is 4.90 Å². The van der Waals surface area contributed by atoms with Gasteiger partial charge in [-0.05, 0) is 69.9 Å². The number of nitrogens with zero attached hydrogens (tertiary/aromatic N) is 1. The van der Waals surface area contributed by atoms with Crippen LogP contribution in [0.1, 0.15) is 65.4 Å². The lowest BCUT2D eigenvalue weighted by Crippen LogP contribution is -2.41. The maximum atomic E-state index is 6.17. The molecule has 1 aromatic rings. The SMILES string of the molecule is CC1(C)OB(c2ccc(CN3CCC4CCCCC4C3)cc2)OC1(C)C. The van der Waals surface area contributed by atoms with Crippen LogP contribution < -0.4 is 5.46 Å². The number of hydrogen-bond acceptors (Lipinski definition) is 3. The maximum Gasteiger partial charge on any atom is 0.494 e. The molecular formula is C22H34BNO2. The molecule has 3 aliphatic rings. The third-order valence-electron chi connectivity index (χ3n) is 7.29. The normalized spacial score (nSPS) is 31.0. The van der Waals surface area contributed by atoms with E-state index < -0.39 is 0 Å². The third kappa shape index (κ3) is 3.61. The van der Waals surface area contributed by atoms with Crippen LogP contribution in [-0.2, 0) is 15.9 Å². The molecule has 3 nitrogen and oxygen atoms in total. The maximum absolute atomic E-state index is 6.17. The molecule has 1 saturated carbocycles. The molecule has 26 heavy (non-hydrogen) atoms. The molecule has 3 fully saturated rings. The Morgan fingerprint density at radius 3 is 2.19 bits per heavy atom. The second-order valence-corrected chi connectivity index (χ2v) is 9.66. The van der Waals surface area contributed by atoms with Crippen LogP contribution in [0.2, 0.25) is 0 Å². The molecule has 0 radical (unpaired) electrons. The number of benzene rings is 1. The predicted molar refractivity (Wildman–Crippen MR) is 108 cm³/mol. The summed E-state index contributed by atoms with van der Waals surface area (Å²) in [6.45, 7) is 12.1. The average Bonchev–Trinajstić information content (AvgIpc) is 2.83. The molecule has 1 aliphatic carbocycles. The second kappa shape index (κ2) is 6.96. The van der Waals surface area contributed by atoms with Crippen LogP contribution >= 0.6 is 0 Å². The number of rotatable bonds is 3. The Balaban J connectivity index is 1.36.